The molecule has 426 valence electrons. The highest BCUT2D eigenvalue weighted by Crippen LogP contribution is 2.25. The van der Waals surface area contributed by atoms with Gasteiger partial charge in [0.05, 0.1) is 105 Å². The first-order valence-electron chi connectivity index (χ1n) is 23.1. The number of halogens is 5. The first-order chi connectivity index (χ1) is 39.7. The maximum atomic E-state index is 12.1. The van der Waals surface area contributed by atoms with Gasteiger partial charge in [-0.1, -0.05) is 50.9 Å². The zero-order chi connectivity index (χ0) is 60.3. The molecule has 0 aliphatic rings. The fraction of sp³-hybridized carbons (Fsp3) is 0.0962. The number of nitrogen functional groups attached to an aromatic ring is 1. The summed E-state index contributed by atoms with van der Waals surface area (Å²) in [4.78, 5) is 86.0. The van der Waals surface area contributed by atoms with Gasteiger partial charge < -0.3 is 35.7 Å². The van der Waals surface area contributed by atoms with Crippen LogP contribution < -0.4 is 21.9 Å². The molecule has 0 radical (unpaired) electrons. The standard InChI is InChI=1S/C20H14ClN5O4S.C16H12ClIN4O3S.C8H6IN3O2.C8H8INO2/c21-17-7-6-16(31-17)19(28)22-10-12-11-26(24-23-12)15-5-4-13(9-14(15)20(29)30)25-8-2-1-3-18(25)27;1-25-16(24)11-6-9(18)2-3-12(11)22-8-10(20-21-22)7-19-15(23)13-4-5-14(17)26-13;1-14-8(13)6-4-5(9)2-3-7(6)11-12-10;1-12-8(11)6-4-5(9)2-3-7(6)10/h1-9,11H,10H2,(H,22,28)(H,29,30);2-6,8H,7H2,1H3,(H,19,23);2-4H,1H3;2-4H,10H2,1H3. The number of esters is 3. The number of carbonyl (C=O) groups excluding carboxylic acids is 5. The van der Waals surface area contributed by atoms with Crippen molar-refractivity contribution in [3.8, 4) is 17.1 Å². The number of carbonyl (C=O) groups is 6. The topological polar surface area (TPSA) is 333 Å². The highest BCUT2D eigenvalue weighted by atomic mass is 127. The summed E-state index contributed by atoms with van der Waals surface area (Å²) < 4.78 is 21.8. The Morgan fingerprint density at radius 3 is 1.64 bits per heavy atom. The van der Waals surface area contributed by atoms with Crippen molar-refractivity contribution in [3.63, 3.8) is 0 Å². The molecule has 0 saturated heterocycles. The fourth-order valence-electron chi connectivity index (χ4n) is 6.78. The molecule has 24 nitrogen and oxygen atoms in total. The molecule has 9 aromatic rings. The van der Waals surface area contributed by atoms with Crippen LogP contribution in [0.3, 0.4) is 0 Å². The van der Waals surface area contributed by atoms with Crippen molar-refractivity contribution in [2.45, 2.75) is 13.1 Å². The molecule has 5 N–H and O–H groups in total. The number of nitrogens with one attached hydrogen (secondary N) is 2. The number of nitrogens with zero attached hydrogens (tertiary/aromatic N) is 10. The second-order valence-electron chi connectivity index (χ2n) is 16.0. The Hall–Kier alpha value is -7.79. The molecule has 0 bridgehead atoms. The number of amides is 2. The van der Waals surface area contributed by atoms with E-state index in [2.05, 4.69) is 119 Å². The summed E-state index contributed by atoms with van der Waals surface area (Å²) in [6.07, 6.45) is 4.73. The molecule has 2 amide bonds. The quantitative estimate of drug-likeness (QED) is 0.0149. The number of aromatic nitrogens is 7. The molecule has 0 aliphatic heterocycles. The molecule has 5 heterocycles. The van der Waals surface area contributed by atoms with Crippen molar-refractivity contribution in [1.29, 1.82) is 0 Å². The number of aromatic carboxylic acids is 1. The summed E-state index contributed by atoms with van der Waals surface area (Å²) in [7, 11) is 3.94. The number of ether oxygens (including phenoxy) is 3. The molecular weight excluding hydrogens is 1500 g/mol. The van der Waals surface area contributed by atoms with Crippen molar-refractivity contribution < 1.29 is 48.1 Å². The third kappa shape index (κ3) is 18.1. The number of pyridine rings is 1. The van der Waals surface area contributed by atoms with E-state index in [-0.39, 0.29) is 53.0 Å². The second-order valence-corrected chi connectivity index (χ2v) is 23.2. The van der Waals surface area contributed by atoms with Crippen LogP contribution in [0, 0.1) is 10.7 Å². The molecule has 83 heavy (non-hydrogen) atoms. The molecule has 0 saturated carbocycles. The first kappa shape index (κ1) is 64.4. The van der Waals surface area contributed by atoms with E-state index >= 15 is 0 Å². The van der Waals surface area contributed by atoms with E-state index in [4.69, 9.17) is 39.2 Å². The highest BCUT2D eigenvalue weighted by molar-refractivity contribution is 14.1. The fourth-order valence-corrected chi connectivity index (χ4v) is 10.2. The Labute approximate surface area is 528 Å². The number of carboxylic acids is 1. The number of nitrogens with two attached hydrogens (primary N) is 1. The van der Waals surface area contributed by atoms with Crippen LogP contribution in [-0.4, -0.2) is 96.7 Å². The predicted octanol–water partition coefficient (Wildman–Crippen LogP) is 10.7. The zero-order valence-corrected chi connectivity index (χ0v) is 52.5. The molecule has 0 aliphatic carbocycles. The van der Waals surface area contributed by atoms with Crippen molar-refractivity contribution in [2.24, 2.45) is 5.11 Å². The Balaban J connectivity index is 0.000000191. The number of azide groups is 1. The van der Waals surface area contributed by atoms with Crippen molar-refractivity contribution in [3.05, 3.63) is 217 Å². The Kier molecular flexibility index (Phi) is 24.1. The van der Waals surface area contributed by atoms with Crippen LogP contribution in [0.25, 0.3) is 27.5 Å². The smallest absolute Gasteiger partial charge is 0.340 e. The summed E-state index contributed by atoms with van der Waals surface area (Å²) in [6, 6.07) is 31.3. The number of anilines is 1. The molecule has 0 unspecified atom stereocenters. The van der Waals surface area contributed by atoms with Crippen LogP contribution in [0.2, 0.25) is 8.67 Å². The van der Waals surface area contributed by atoms with Gasteiger partial charge in [0, 0.05) is 39.3 Å². The molecule has 0 atom stereocenters. The average Bonchev–Trinajstić information content (AvgIpc) is 4.53. The number of methoxy groups -OCH3 is 3. The summed E-state index contributed by atoms with van der Waals surface area (Å²) in [6.45, 7) is 0.306. The molecule has 9 rings (SSSR count). The van der Waals surface area contributed by atoms with Gasteiger partial charge in [-0.05, 0) is 170 Å². The number of carboxylic acid groups (broad SMARTS) is 1. The molecule has 5 aromatic heterocycles. The van der Waals surface area contributed by atoms with Gasteiger partial charge in [0.1, 0.15) is 11.4 Å². The van der Waals surface area contributed by atoms with E-state index in [1.54, 1.807) is 103 Å². The van der Waals surface area contributed by atoms with Crippen LogP contribution >= 0.6 is 114 Å². The minimum Gasteiger partial charge on any atom is -0.478 e. The molecule has 0 fully saturated rings. The molecule has 0 spiro atoms. The number of benzene rings is 4. The molecule has 31 heteroatoms. The Morgan fingerprint density at radius 2 is 1.13 bits per heavy atom. The van der Waals surface area contributed by atoms with Gasteiger partial charge in [-0.25, -0.2) is 28.5 Å². The van der Waals surface area contributed by atoms with Crippen molar-refractivity contribution >= 4 is 161 Å². The normalized spacial score (nSPS) is 10.2. The van der Waals surface area contributed by atoms with Crippen LogP contribution in [0.15, 0.2) is 144 Å². The lowest BCUT2D eigenvalue weighted by atomic mass is 10.1. The minimum absolute atomic E-state index is 0.0537. The zero-order valence-electron chi connectivity index (χ0n) is 42.9. The van der Waals surface area contributed by atoms with Gasteiger partial charge >= 0.3 is 23.9 Å². The van der Waals surface area contributed by atoms with Crippen LogP contribution in [0.4, 0.5) is 11.4 Å². The van der Waals surface area contributed by atoms with E-state index < -0.39 is 23.9 Å². The third-order valence-corrected chi connectivity index (χ3v) is 15.1. The largest absolute Gasteiger partial charge is 0.478 e. The van der Waals surface area contributed by atoms with Gasteiger partial charge in [-0.2, -0.15) is 0 Å². The number of hydrogen-bond acceptors (Lipinski definition) is 18. The number of thiophene rings is 2. The maximum absolute atomic E-state index is 12.1. The van der Waals surface area contributed by atoms with E-state index in [0.29, 0.717) is 58.0 Å². The van der Waals surface area contributed by atoms with Crippen LogP contribution in [0.1, 0.15) is 72.2 Å². The number of hydrogen-bond donors (Lipinski definition) is 4. The second kappa shape index (κ2) is 31.0. The van der Waals surface area contributed by atoms with E-state index in [9.17, 15) is 38.7 Å². The van der Waals surface area contributed by atoms with E-state index in [0.717, 1.165) is 22.0 Å². The SMILES string of the molecule is COC(=O)c1cc(I)ccc1-n1cc(CNC(=O)c2ccc(Cl)s2)nn1.COC(=O)c1cc(I)ccc1N.COC(=O)c1cc(I)ccc1N=[N+]=[N-].O=C(NCc1cn(-c2ccc(-n3ccccc3=O)cc2C(=O)O)nn1)c1ccc(Cl)s1. The van der Waals surface area contributed by atoms with Gasteiger partial charge in [-0.3, -0.25) is 19.0 Å². The van der Waals surface area contributed by atoms with Gasteiger partial charge in [-0.15, -0.1) is 32.9 Å². The Morgan fingerprint density at radius 1 is 0.651 bits per heavy atom. The predicted molar refractivity (Wildman–Crippen MR) is 335 cm³/mol. The summed E-state index contributed by atoms with van der Waals surface area (Å²) in [5, 5.41) is 34.5. The molecule has 4 aromatic carbocycles. The maximum Gasteiger partial charge on any atom is 0.340 e. The highest BCUT2D eigenvalue weighted by Gasteiger charge is 2.19. The third-order valence-electron chi connectivity index (χ3n) is 10.6. The van der Waals surface area contributed by atoms with Crippen molar-refractivity contribution in [2.75, 3.05) is 27.1 Å². The van der Waals surface area contributed by atoms with E-state index in [1.807, 2.05) is 12.1 Å². The van der Waals surface area contributed by atoms with Crippen molar-refractivity contribution in [1.82, 2.24) is 45.2 Å². The van der Waals surface area contributed by atoms with Crippen LogP contribution in [0.5, 0.6) is 0 Å². The minimum atomic E-state index is -1.18. The Bertz CT molecular complexity index is 3980. The van der Waals surface area contributed by atoms with Gasteiger partial charge in [0.15, 0.2) is 0 Å². The summed E-state index contributed by atoms with van der Waals surface area (Å²) in [5.74, 6) is -3.08. The number of rotatable bonds is 14. The molecular formula is C52H40Cl2I3N13O11S2. The van der Waals surface area contributed by atoms with Gasteiger partial charge in [0.25, 0.3) is 17.4 Å². The summed E-state index contributed by atoms with van der Waals surface area (Å²) >= 11 is 20.3. The lowest BCUT2D eigenvalue weighted by Crippen LogP contribution is -2.21. The lowest BCUT2D eigenvalue weighted by molar-refractivity contribution is 0.0592. The average molecular weight is 1540 g/mol. The lowest BCUT2D eigenvalue weighted by Gasteiger charge is -2.10. The summed E-state index contributed by atoms with van der Waals surface area (Å²) in [5.41, 5.74) is 17.5. The van der Waals surface area contributed by atoms with Crippen LogP contribution in [-0.2, 0) is 27.3 Å². The monoisotopic (exact) mass is 1540 g/mol. The van der Waals surface area contributed by atoms with Gasteiger partial charge in [0.2, 0.25) is 0 Å². The first-order valence-corrected chi connectivity index (χ1v) is 28.8. The van der Waals surface area contributed by atoms with E-state index in [1.165, 1.54) is 64.9 Å².